The molecule has 2 amide bonds. The van der Waals surface area contributed by atoms with E-state index < -0.39 is 12.0 Å². The lowest BCUT2D eigenvalue weighted by molar-refractivity contribution is -0.139. The number of hydrogen-bond donors (Lipinski definition) is 2. The van der Waals surface area contributed by atoms with E-state index in [4.69, 9.17) is 16.3 Å². The number of hydrogen-bond acceptors (Lipinski definition) is 4. The van der Waals surface area contributed by atoms with Gasteiger partial charge in [0.15, 0.2) is 0 Å². The number of benzene rings is 2. The molecule has 0 unspecified atom stereocenters. The quantitative estimate of drug-likeness (QED) is 0.624. The number of rotatable bonds is 8. The zero-order valence-electron chi connectivity index (χ0n) is 17.2. The predicted octanol–water partition coefficient (Wildman–Crippen LogP) is 4.03. The third-order valence-electron chi connectivity index (χ3n) is 4.93. The van der Waals surface area contributed by atoms with Crippen LogP contribution in [0.15, 0.2) is 65.9 Å². The van der Waals surface area contributed by atoms with Crippen LogP contribution in [0.5, 0.6) is 0 Å². The molecule has 158 valence electrons. The SMILES string of the molecule is CCOC(=O)C1=C(CN(CC)Cc2ccccc2)NC(=O)N[C@@H]1c1ccc(Cl)cc1. The van der Waals surface area contributed by atoms with Crippen molar-refractivity contribution in [3.8, 4) is 0 Å². The van der Waals surface area contributed by atoms with Crippen LogP contribution in [0.2, 0.25) is 5.02 Å². The van der Waals surface area contributed by atoms with Crippen molar-refractivity contribution in [3.05, 3.63) is 82.0 Å². The van der Waals surface area contributed by atoms with Crippen LogP contribution in [-0.4, -0.2) is 36.6 Å². The Kier molecular flexibility index (Phi) is 7.49. The Morgan fingerprint density at radius 1 is 1.07 bits per heavy atom. The van der Waals surface area contributed by atoms with Gasteiger partial charge in [-0.3, -0.25) is 4.90 Å². The lowest BCUT2D eigenvalue weighted by Crippen LogP contribution is -2.48. The molecule has 7 heteroatoms. The van der Waals surface area contributed by atoms with Crippen molar-refractivity contribution in [1.82, 2.24) is 15.5 Å². The first-order valence-corrected chi connectivity index (χ1v) is 10.4. The van der Waals surface area contributed by atoms with Gasteiger partial charge < -0.3 is 15.4 Å². The lowest BCUT2D eigenvalue weighted by atomic mass is 9.95. The zero-order valence-corrected chi connectivity index (χ0v) is 17.9. The molecule has 1 atom stereocenters. The summed E-state index contributed by atoms with van der Waals surface area (Å²) in [7, 11) is 0. The summed E-state index contributed by atoms with van der Waals surface area (Å²) in [5, 5.41) is 6.25. The number of amides is 2. The summed E-state index contributed by atoms with van der Waals surface area (Å²) in [6, 6.07) is 16.2. The standard InChI is InChI=1S/C23H26ClN3O3/c1-3-27(14-16-8-6-5-7-9-16)15-19-20(22(28)30-4-2)21(26-23(29)25-19)17-10-12-18(24)13-11-17/h5-13,21H,3-4,14-15H2,1-2H3,(H2,25,26,29)/t21-/m1/s1. The topological polar surface area (TPSA) is 70.7 Å². The molecule has 0 fully saturated rings. The number of carbonyl (C=O) groups excluding carboxylic acids is 2. The van der Waals surface area contributed by atoms with Crippen molar-refractivity contribution in [3.63, 3.8) is 0 Å². The van der Waals surface area contributed by atoms with E-state index in [1.165, 1.54) is 0 Å². The van der Waals surface area contributed by atoms with E-state index in [1.807, 2.05) is 25.1 Å². The van der Waals surface area contributed by atoms with Crippen molar-refractivity contribution >= 4 is 23.6 Å². The summed E-state index contributed by atoms with van der Waals surface area (Å²) < 4.78 is 5.32. The highest BCUT2D eigenvalue weighted by atomic mass is 35.5. The van der Waals surface area contributed by atoms with Gasteiger partial charge in [0, 0.05) is 23.8 Å². The number of urea groups is 1. The van der Waals surface area contributed by atoms with Crippen molar-refractivity contribution in [2.24, 2.45) is 0 Å². The molecule has 0 radical (unpaired) electrons. The Labute approximate surface area is 181 Å². The number of likely N-dealkylation sites (N-methyl/N-ethyl adjacent to an activating group) is 1. The monoisotopic (exact) mass is 427 g/mol. The summed E-state index contributed by atoms with van der Waals surface area (Å²) in [4.78, 5) is 27.5. The van der Waals surface area contributed by atoms with Crippen LogP contribution in [0.1, 0.15) is 31.0 Å². The second kappa shape index (κ2) is 10.3. The maximum absolute atomic E-state index is 12.9. The van der Waals surface area contributed by atoms with E-state index in [9.17, 15) is 9.59 Å². The van der Waals surface area contributed by atoms with E-state index >= 15 is 0 Å². The highest BCUT2D eigenvalue weighted by molar-refractivity contribution is 6.30. The minimum atomic E-state index is -0.611. The molecular formula is C23H26ClN3O3. The van der Waals surface area contributed by atoms with Gasteiger partial charge in [-0.2, -0.15) is 0 Å². The molecule has 3 rings (SSSR count). The van der Waals surface area contributed by atoms with Crippen molar-refractivity contribution < 1.29 is 14.3 Å². The normalized spacial score (nSPS) is 16.3. The van der Waals surface area contributed by atoms with Gasteiger partial charge in [-0.1, -0.05) is 61.0 Å². The summed E-state index contributed by atoms with van der Waals surface area (Å²) in [6.45, 7) is 5.93. The Hall–Kier alpha value is -2.83. The van der Waals surface area contributed by atoms with Gasteiger partial charge in [0.2, 0.25) is 0 Å². The first-order valence-electron chi connectivity index (χ1n) is 10.0. The average Bonchev–Trinajstić information content (AvgIpc) is 2.74. The molecule has 1 heterocycles. The molecule has 0 saturated heterocycles. The number of nitrogens with zero attached hydrogens (tertiary/aromatic N) is 1. The van der Waals surface area contributed by atoms with Gasteiger partial charge in [0.25, 0.3) is 0 Å². The summed E-state index contributed by atoms with van der Waals surface area (Å²) in [6.07, 6.45) is 0. The number of carbonyl (C=O) groups is 2. The number of halogens is 1. The Bertz CT molecular complexity index is 913. The molecule has 0 bridgehead atoms. The second-order valence-electron chi connectivity index (χ2n) is 6.98. The molecule has 0 saturated carbocycles. The van der Waals surface area contributed by atoms with Crippen LogP contribution in [-0.2, 0) is 16.1 Å². The predicted molar refractivity (Wildman–Crippen MR) is 117 cm³/mol. The van der Waals surface area contributed by atoms with Crippen molar-refractivity contribution in [1.29, 1.82) is 0 Å². The maximum atomic E-state index is 12.9. The number of nitrogens with one attached hydrogen (secondary N) is 2. The van der Waals surface area contributed by atoms with Gasteiger partial charge >= 0.3 is 12.0 Å². The van der Waals surface area contributed by atoms with E-state index in [1.54, 1.807) is 31.2 Å². The first kappa shape index (κ1) is 21.9. The smallest absolute Gasteiger partial charge is 0.338 e. The maximum Gasteiger partial charge on any atom is 0.338 e. The van der Waals surface area contributed by atoms with E-state index in [0.717, 1.165) is 17.7 Å². The van der Waals surface area contributed by atoms with Gasteiger partial charge in [-0.25, -0.2) is 9.59 Å². The lowest BCUT2D eigenvalue weighted by Gasteiger charge is -2.32. The fraction of sp³-hybridized carbons (Fsp3) is 0.304. The van der Waals surface area contributed by atoms with Gasteiger partial charge in [0.1, 0.15) is 0 Å². The molecule has 1 aliphatic heterocycles. The Balaban J connectivity index is 1.96. The molecule has 2 aromatic carbocycles. The highest BCUT2D eigenvalue weighted by Gasteiger charge is 2.34. The van der Waals surface area contributed by atoms with Crippen molar-refractivity contribution in [2.45, 2.75) is 26.4 Å². The molecule has 2 N–H and O–H groups in total. The molecule has 1 aliphatic rings. The molecule has 0 spiro atoms. The zero-order chi connectivity index (χ0) is 21.5. The van der Waals surface area contributed by atoms with Gasteiger partial charge in [-0.15, -0.1) is 0 Å². The third-order valence-corrected chi connectivity index (χ3v) is 5.18. The molecule has 0 aliphatic carbocycles. The van der Waals surface area contributed by atoms with Crippen LogP contribution in [0.4, 0.5) is 4.79 Å². The average molecular weight is 428 g/mol. The third kappa shape index (κ3) is 5.40. The van der Waals surface area contributed by atoms with Crippen LogP contribution >= 0.6 is 11.6 Å². The van der Waals surface area contributed by atoms with Crippen LogP contribution < -0.4 is 10.6 Å². The molecule has 30 heavy (non-hydrogen) atoms. The first-order chi connectivity index (χ1) is 14.5. The second-order valence-corrected chi connectivity index (χ2v) is 7.42. The summed E-state index contributed by atoms with van der Waals surface area (Å²) in [5.74, 6) is -0.448. The van der Waals surface area contributed by atoms with Crippen LogP contribution in [0.3, 0.4) is 0 Å². The fourth-order valence-corrected chi connectivity index (χ4v) is 3.57. The number of ether oxygens (including phenoxy) is 1. The van der Waals surface area contributed by atoms with Gasteiger partial charge in [0.05, 0.1) is 18.2 Å². The van der Waals surface area contributed by atoms with E-state index in [2.05, 4.69) is 27.7 Å². The van der Waals surface area contributed by atoms with Gasteiger partial charge in [-0.05, 0) is 36.7 Å². The molecular weight excluding hydrogens is 402 g/mol. The van der Waals surface area contributed by atoms with E-state index in [0.29, 0.717) is 29.4 Å². The van der Waals surface area contributed by atoms with E-state index in [-0.39, 0.29) is 12.6 Å². The largest absolute Gasteiger partial charge is 0.463 e. The molecule has 2 aromatic rings. The Morgan fingerprint density at radius 2 is 1.77 bits per heavy atom. The molecule has 0 aromatic heterocycles. The summed E-state index contributed by atoms with van der Waals surface area (Å²) >= 11 is 6.01. The minimum Gasteiger partial charge on any atom is -0.463 e. The fourth-order valence-electron chi connectivity index (χ4n) is 3.44. The minimum absolute atomic E-state index is 0.248. The highest BCUT2D eigenvalue weighted by Crippen LogP contribution is 2.29. The van der Waals surface area contributed by atoms with Crippen molar-refractivity contribution in [2.75, 3.05) is 19.7 Å². The van der Waals surface area contributed by atoms with Crippen LogP contribution in [0, 0.1) is 0 Å². The summed E-state index contributed by atoms with van der Waals surface area (Å²) in [5.41, 5.74) is 2.88. The number of esters is 1. The molecule has 6 nitrogen and oxygen atoms in total. The van der Waals surface area contributed by atoms with Crippen LogP contribution in [0.25, 0.3) is 0 Å². The Morgan fingerprint density at radius 3 is 2.40 bits per heavy atom.